The lowest BCUT2D eigenvalue weighted by molar-refractivity contribution is -0.122. The maximum atomic E-state index is 12.3. The van der Waals surface area contributed by atoms with Gasteiger partial charge in [0, 0.05) is 6.42 Å². The third-order valence-corrected chi connectivity index (χ3v) is 7.19. The van der Waals surface area contributed by atoms with E-state index in [4.69, 9.17) is 0 Å². The largest absolute Gasteiger partial charge is 0.391 e. The van der Waals surface area contributed by atoms with Gasteiger partial charge in [0.25, 0.3) is 10.1 Å². The molecule has 2 atom stereocenters. The number of amides is 1. The third kappa shape index (κ3) is 24.5. The molecule has 212 valence electrons. The maximum absolute atomic E-state index is 12.3. The van der Waals surface area contributed by atoms with E-state index in [2.05, 4.69) is 43.5 Å². The number of aliphatic hydroxyl groups is 1. The molecule has 0 saturated heterocycles. The highest BCUT2D eigenvalue weighted by Crippen LogP contribution is 2.13. The van der Waals surface area contributed by atoms with Crippen molar-refractivity contribution in [2.75, 3.05) is 5.75 Å². The summed E-state index contributed by atoms with van der Waals surface area (Å²) < 4.78 is 32.0. The first-order valence-electron chi connectivity index (χ1n) is 14.5. The zero-order valence-electron chi connectivity index (χ0n) is 23.1. The Balaban J connectivity index is 4.00. The Bertz CT molecular complexity index is 675. The fourth-order valence-corrected chi connectivity index (χ4v) is 4.95. The van der Waals surface area contributed by atoms with Crippen molar-refractivity contribution in [2.24, 2.45) is 0 Å². The predicted octanol–water partition coefficient (Wildman–Crippen LogP) is 7.28. The van der Waals surface area contributed by atoms with E-state index in [1.807, 2.05) is 0 Å². The fraction of sp³-hybridized carbons (Fsp3) is 0.828. The van der Waals surface area contributed by atoms with Crippen LogP contribution in [0, 0.1) is 0 Å². The van der Waals surface area contributed by atoms with Crippen LogP contribution in [0.3, 0.4) is 0 Å². The molecule has 36 heavy (non-hydrogen) atoms. The van der Waals surface area contributed by atoms with Crippen LogP contribution in [-0.2, 0) is 14.9 Å². The van der Waals surface area contributed by atoms with Crippen LogP contribution in [0.25, 0.3) is 0 Å². The van der Waals surface area contributed by atoms with E-state index in [1.165, 1.54) is 38.5 Å². The molecule has 0 aliphatic heterocycles. The van der Waals surface area contributed by atoms with Crippen LogP contribution >= 0.6 is 0 Å². The summed E-state index contributed by atoms with van der Waals surface area (Å²) in [7, 11) is -4.29. The molecule has 0 fully saturated rings. The van der Waals surface area contributed by atoms with E-state index in [0.29, 0.717) is 12.8 Å². The Morgan fingerprint density at radius 1 is 0.750 bits per heavy atom. The standard InChI is InChI=1S/C29H55NO5S/c1-3-5-7-9-11-12-13-14-15-16-17-18-19-21-23-25-29(32)30-27(26-36(33,34)35)28(31)24-22-20-10-8-6-4-2/h11-12,14-15,27-28,31H,3-10,13,16-26H2,1-2H3,(H,30,32)(H,33,34,35)/b12-11-,15-14-. The smallest absolute Gasteiger partial charge is 0.266 e. The van der Waals surface area contributed by atoms with Crippen molar-refractivity contribution < 1.29 is 22.9 Å². The minimum atomic E-state index is -4.29. The number of nitrogens with one attached hydrogen (secondary N) is 1. The molecular weight excluding hydrogens is 474 g/mol. The van der Waals surface area contributed by atoms with Crippen LogP contribution in [-0.4, -0.2) is 41.9 Å². The number of aliphatic hydroxyl groups excluding tert-OH is 1. The summed E-state index contributed by atoms with van der Waals surface area (Å²) in [4.78, 5) is 12.3. The molecule has 0 heterocycles. The summed E-state index contributed by atoms with van der Waals surface area (Å²) in [5, 5.41) is 13.1. The molecule has 0 aromatic rings. The van der Waals surface area contributed by atoms with E-state index in [0.717, 1.165) is 70.6 Å². The third-order valence-electron chi connectivity index (χ3n) is 6.41. The van der Waals surface area contributed by atoms with Gasteiger partial charge in [0.05, 0.1) is 17.9 Å². The van der Waals surface area contributed by atoms with Crippen molar-refractivity contribution >= 4 is 16.0 Å². The van der Waals surface area contributed by atoms with E-state index >= 15 is 0 Å². The molecule has 0 spiro atoms. The zero-order chi connectivity index (χ0) is 26.9. The molecule has 1 amide bonds. The highest BCUT2D eigenvalue weighted by atomic mass is 32.2. The summed E-state index contributed by atoms with van der Waals surface area (Å²) in [5.41, 5.74) is 0. The first-order valence-corrected chi connectivity index (χ1v) is 16.1. The van der Waals surface area contributed by atoms with Gasteiger partial charge >= 0.3 is 0 Å². The van der Waals surface area contributed by atoms with Crippen molar-refractivity contribution in [3.63, 3.8) is 0 Å². The molecule has 0 aliphatic carbocycles. The Morgan fingerprint density at radius 3 is 1.86 bits per heavy atom. The van der Waals surface area contributed by atoms with Gasteiger partial charge in [-0.1, -0.05) is 109 Å². The minimum Gasteiger partial charge on any atom is -0.391 e. The van der Waals surface area contributed by atoms with Gasteiger partial charge in [-0.05, 0) is 44.9 Å². The molecule has 0 aromatic heterocycles. The van der Waals surface area contributed by atoms with Gasteiger partial charge in [-0.3, -0.25) is 9.35 Å². The summed E-state index contributed by atoms with van der Waals surface area (Å²) in [6.07, 6.45) is 27.2. The van der Waals surface area contributed by atoms with E-state index < -0.39 is 28.0 Å². The monoisotopic (exact) mass is 529 g/mol. The summed E-state index contributed by atoms with van der Waals surface area (Å²) in [6.45, 7) is 4.38. The molecule has 3 N–H and O–H groups in total. The lowest BCUT2D eigenvalue weighted by atomic mass is 10.0. The van der Waals surface area contributed by atoms with E-state index in [9.17, 15) is 22.9 Å². The van der Waals surface area contributed by atoms with Crippen LogP contribution in [0.4, 0.5) is 0 Å². The average Bonchev–Trinajstić information content (AvgIpc) is 2.82. The van der Waals surface area contributed by atoms with Crippen molar-refractivity contribution in [3.8, 4) is 0 Å². The number of carbonyl (C=O) groups is 1. The Labute approximate surface area is 222 Å². The minimum absolute atomic E-state index is 0.267. The average molecular weight is 530 g/mol. The van der Waals surface area contributed by atoms with Crippen LogP contribution in [0.1, 0.15) is 136 Å². The van der Waals surface area contributed by atoms with Gasteiger partial charge in [-0.2, -0.15) is 8.42 Å². The molecular formula is C29H55NO5S. The maximum Gasteiger partial charge on any atom is 0.266 e. The van der Waals surface area contributed by atoms with Gasteiger partial charge in [0.2, 0.25) is 5.91 Å². The van der Waals surface area contributed by atoms with Crippen LogP contribution in [0.5, 0.6) is 0 Å². The highest BCUT2D eigenvalue weighted by Gasteiger charge is 2.25. The topological polar surface area (TPSA) is 104 Å². The van der Waals surface area contributed by atoms with Crippen molar-refractivity contribution in [1.82, 2.24) is 5.32 Å². The number of hydrogen-bond donors (Lipinski definition) is 3. The molecule has 6 nitrogen and oxygen atoms in total. The predicted molar refractivity (Wildman–Crippen MR) is 152 cm³/mol. The first kappa shape index (κ1) is 34.8. The van der Waals surface area contributed by atoms with Crippen molar-refractivity contribution in [1.29, 1.82) is 0 Å². The SMILES string of the molecule is CCCCC/C=C\C/C=C\CCCCCCCC(=O)NC(CS(=O)(=O)O)C(O)CCCCCCCC. The Hall–Kier alpha value is -1.18. The molecule has 0 rings (SSSR count). The number of carbonyl (C=O) groups excluding carboxylic acids is 1. The fourth-order valence-electron chi connectivity index (χ4n) is 4.19. The lowest BCUT2D eigenvalue weighted by Crippen LogP contribution is -2.47. The van der Waals surface area contributed by atoms with Gasteiger partial charge in [0.1, 0.15) is 0 Å². The second kappa shape index (κ2) is 24.2. The summed E-state index contributed by atoms with van der Waals surface area (Å²) in [5.74, 6) is -0.922. The molecule has 0 aromatic carbocycles. The van der Waals surface area contributed by atoms with Crippen molar-refractivity contribution in [2.45, 2.75) is 148 Å². The number of rotatable bonds is 25. The molecule has 0 saturated carbocycles. The van der Waals surface area contributed by atoms with Gasteiger partial charge in [-0.25, -0.2) is 0 Å². The number of allylic oxidation sites excluding steroid dienone is 4. The zero-order valence-corrected chi connectivity index (χ0v) is 24.0. The normalized spacial score (nSPS) is 14.0. The lowest BCUT2D eigenvalue weighted by Gasteiger charge is -2.23. The summed E-state index contributed by atoms with van der Waals surface area (Å²) in [6, 6.07) is -0.971. The van der Waals surface area contributed by atoms with Crippen LogP contribution < -0.4 is 5.32 Å². The van der Waals surface area contributed by atoms with Crippen LogP contribution in [0.2, 0.25) is 0 Å². The van der Waals surface area contributed by atoms with Gasteiger partial charge in [0.15, 0.2) is 0 Å². The van der Waals surface area contributed by atoms with Gasteiger partial charge < -0.3 is 10.4 Å². The second-order valence-corrected chi connectivity index (χ2v) is 11.5. The van der Waals surface area contributed by atoms with Gasteiger partial charge in [-0.15, -0.1) is 0 Å². The molecule has 0 bridgehead atoms. The quantitative estimate of drug-likeness (QED) is 0.0654. The number of hydrogen-bond acceptors (Lipinski definition) is 4. The molecule has 2 unspecified atom stereocenters. The van der Waals surface area contributed by atoms with E-state index in [-0.39, 0.29) is 5.91 Å². The van der Waals surface area contributed by atoms with E-state index in [1.54, 1.807) is 0 Å². The van der Waals surface area contributed by atoms with Crippen LogP contribution in [0.15, 0.2) is 24.3 Å². The second-order valence-electron chi connectivity index (χ2n) is 10.0. The Kier molecular flexibility index (Phi) is 23.4. The van der Waals surface area contributed by atoms with Crippen molar-refractivity contribution in [3.05, 3.63) is 24.3 Å². The Morgan fingerprint density at radius 2 is 1.25 bits per heavy atom. The summed E-state index contributed by atoms with van der Waals surface area (Å²) >= 11 is 0. The highest BCUT2D eigenvalue weighted by molar-refractivity contribution is 7.85. The molecule has 0 aliphatic rings. The number of unbranched alkanes of at least 4 members (excludes halogenated alkanes) is 13. The molecule has 7 heteroatoms. The first-order chi connectivity index (χ1) is 17.3. The molecule has 0 radical (unpaired) electrons.